The van der Waals surface area contributed by atoms with Crippen molar-refractivity contribution in [1.82, 2.24) is 9.91 Å². The predicted molar refractivity (Wildman–Crippen MR) is 61.2 cm³/mol. The summed E-state index contributed by atoms with van der Waals surface area (Å²) < 4.78 is 5.52. The summed E-state index contributed by atoms with van der Waals surface area (Å²) in [6.45, 7) is 4.77. The summed E-state index contributed by atoms with van der Waals surface area (Å²) in [5, 5.41) is 1.08. The van der Waals surface area contributed by atoms with E-state index in [1.54, 1.807) is 0 Å². The van der Waals surface area contributed by atoms with Gasteiger partial charge in [-0.15, -0.1) is 6.42 Å². The van der Waals surface area contributed by atoms with Crippen LogP contribution in [0.5, 0.6) is 0 Å². The number of carbonyl (C=O) groups is 1. The fourth-order valence-electron chi connectivity index (χ4n) is 1.64. The molecule has 0 saturated carbocycles. The Hall–Kier alpha value is -1.09. The van der Waals surface area contributed by atoms with Crippen molar-refractivity contribution < 1.29 is 9.53 Å². The number of hydrogen-bond donors (Lipinski definition) is 1. The molecule has 5 heteroatoms. The van der Waals surface area contributed by atoms with Gasteiger partial charge >= 0.3 is 0 Å². The van der Waals surface area contributed by atoms with Crippen LogP contribution in [0.2, 0.25) is 0 Å². The quantitative estimate of drug-likeness (QED) is 0.301. The van der Waals surface area contributed by atoms with Gasteiger partial charge in [0, 0.05) is 13.1 Å². The second-order valence-electron chi connectivity index (χ2n) is 3.86. The van der Waals surface area contributed by atoms with Gasteiger partial charge in [-0.05, 0) is 6.42 Å². The molecule has 0 aliphatic carbocycles. The fourth-order valence-corrected chi connectivity index (χ4v) is 1.64. The van der Waals surface area contributed by atoms with Crippen LogP contribution in [-0.2, 0) is 9.53 Å². The Balaban J connectivity index is 2.36. The van der Waals surface area contributed by atoms with Gasteiger partial charge in [0.15, 0.2) is 0 Å². The molecule has 0 spiro atoms. The van der Waals surface area contributed by atoms with Crippen LogP contribution >= 0.6 is 0 Å². The van der Waals surface area contributed by atoms with E-state index in [2.05, 4.69) is 17.7 Å². The molecule has 5 nitrogen and oxygen atoms in total. The number of rotatable bonds is 4. The molecule has 16 heavy (non-hydrogen) atoms. The lowest BCUT2D eigenvalue weighted by molar-refractivity contribution is -0.134. The molecule has 1 unspecified atom stereocenters. The van der Waals surface area contributed by atoms with Crippen molar-refractivity contribution in [1.29, 1.82) is 0 Å². The van der Waals surface area contributed by atoms with Crippen molar-refractivity contribution in [2.24, 2.45) is 5.84 Å². The van der Waals surface area contributed by atoms with Crippen molar-refractivity contribution in [2.45, 2.75) is 19.4 Å². The van der Waals surface area contributed by atoms with Gasteiger partial charge in [-0.3, -0.25) is 14.7 Å². The normalized spacial score (nSPS) is 21.4. The van der Waals surface area contributed by atoms with Crippen LogP contribution in [0.3, 0.4) is 0 Å². The number of nitrogens with zero attached hydrogens (tertiary/aromatic N) is 2. The molecule has 1 amide bonds. The van der Waals surface area contributed by atoms with Crippen molar-refractivity contribution in [3.05, 3.63) is 0 Å². The van der Waals surface area contributed by atoms with Gasteiger partial charge in [0.25, 0.3) is 5.91 Å². The minimum atomic E-state index is -0.144. The van der Waals surface area contributed by atoms with Crippen molar-refractivity contribution in [3.8, 4) is 12.3 Å². The molecule has 1 aliphatic heterocycles. The molecule has 1 aliphatic rings. The lowest BCUT2D eigenvalue weighted by Crippen LogP contribution is -2.49. The lowest BCUT2D eigenvalue weighted by Gasteiger charge is -2.32. The summed E-state index contributed by atoms with van der Waals surface area (Å²) in [4.78, 5) is 13.7. The first kappa shape index (κ1) is 13.0. The summed E-state index contributed by atoms with van der Waals surface area (Å²) in [6, 6.07) is 0. The number of nitrogens with two attached hydrogens (primary N) is 1. The first-order valence-electron chi connectivity index (χ1n) is 5.49. The fraction of sp³-hybridized carbons (Fsp3) is 0.727. The highest BCUT2D eigenvalue weighted by Crippen LogP contribution is 2.07. The number of hydrazine groups is 1. The first-order chi connectivity index (χ1) is 7.67. The maximum absolute atomic E-state index is 11.6. The maximum atomic E-state index is 11.6. The number of ether oxygens (including phenoxy) is 1. The molecule has 1 atom stereocenters. The van der Waals surface area contributed by atoms with Crippen molar-refractivity contribution in [3.63, 3.8) is 0 Å². The van der Waals surface area contributed by atoms with Gasteiger partial charge in [0.2, 0.25) is 0 Å². The van der Waals surface area contributed by atoms with Crippen LogP contribution in [0.4, 0.5) is 0 Å². The van der Waals surface area contributed by atoms with E-state index >= 15 is 0 Å². The summed E-state index contributed by atoms with van der Waals surface area (Å²) in [5.74, 6) is 7.69. The third-order valence-electron chi connectivity index (χ3n) is 2.62. The van der Waals surface area contributed by atoms with Gasteiger partial charge in [0.1, 0.15) is 0 Å². The number of terminal acetylenes is 1. The topological polar surface area (TPSA) is 58.8 Å². The van der Waals surface area contributed by atoms with Crippen LogP contribution in [0.25, 0.3) is 0 Å². The predicted octanol–water partition coefficient (Wildman–Crippen LogP) is -0.567. The third kappa shape index (κ3) is 3.81. The Morgan fingerprint density at radius 1 is 1.75 bits per heavy atom. The van der Waals surface area contributed by atoms with Gasteiger partial charge in [-0.2, -0.15) is 0 Å². The summed E-state index contributed by atoms with van der Waals surface area (Å²) in [6.07, 6.45) is 6.27. The van der Waals surface area contributed by atoms with Crippen LogP contribution in [-0.4, -0.2) is 54.7 Å². The molecule has 90 valence electrons. The van der Waals surface area contributed by atoms with E-state index in [-0.39, 0.29) is 18.6 Å². The Bertz CT molecular complexity index is 275. The van der Waals surface area contributed by atoms with Gasteiger partial charge in [-0.1, -0.05) is 12.8 Å². The third-order valence-corrected chi connectivity index (χ3v) is 2.62. The molecule has 0 aromatic rings. The molecule has 1 saturated heterocycles. The van der Waals surface area contributed by atoms with Gasteiger partial charge < -0.3 is 4.74 Å². The van der Waals surface area contributed by atoms with Gasteiger partial charge in [-0.25, -0.2) is 5.84 Å². The summed E-state index contributed by atoms with van der Waals surface area (Å²) in [7, 11) is 0. The van der Waals surface area contributed by atoms with Crippen LogP contribution in [0.15, 0.2) is 0 Å². The van der Waals surface area contributed by atoms with E-state index in [1.165, 1.54) is 0 Å². The molecule has 2 N–H and O–H groups in total. The highest BCUT2D eigenvalue weighted by molar-refractivity contribution is 5.77. The Morgan fingerprint density at radius 2 is 2.50 bits per heavy atom. The smallest absolute Gasteiger partial charge is 0.251 e. The standard InChI is InChI=1S/C11H19N3O2/c1-3-5-14(12)11(15)9-13-6-7-16-10(4-2)8-13/h1,10H,4-9,12H2,2H3. The molecule has 0 bridgehead atoms. The number of carbonyl (C=O) groups excluding carboxylic acids is 1. The zero-order valence-electron chi connectivity index (χ0n) is 9.69. The largest absolute Gasteiger partial charge is 0.376 e. The average Bonchev–Trinajstić information content (AvgIpc) is 2.29. The average molecular weight is 225 g/mol. The Morgan fingerprint density at radius 3 is 3.12 bits per heavy atom. The number of amides is 1. The molecular formula is C11H19N3O2. The zero-order valence-corrected chi connectivity index (χ0v) is 9.69. The number of hydrogen-bond acceptors (Lipinski definition) is 4. The van der Waals surface area contributed by atoms with Crippen molar-refractivity contribution in [2.75, 3.05) is 32.8 Å². The lowest BCUT2D eigenvalue weighted by atomic mass is 10.2. The monoisotopic (exact) mass is 225 g/mol. The van der Waals surface area contributed by atoms with Gasteiger partial charge in [0.05, 0.1) is 25.8 Å². The maximum Gasteiger partial charge on any atom is 0.251 e. The van der Waals surface area contributed by atoms with E-state index in [1.807, 2.05) is 0 Å². The molecule has 0 aromatic carbocycles. The summed E-state index contributed by atoms with van der Waals surface area (Å²) in [5.41, 5.74) is 0. The minimum Gasteiger partial charge on any atom is -0.376 e. The van der Waals surface area contributed by atoms with Crippen LogP contribution in [0.1, 0.15) is 13.3 Å². The van der Waals surface area contributed by atoms with E-state index in [4.69, 9.17) is 17.0 Å². The highest BCUT2D eigenvalue weighted by atomic mass is 16.5. The second kappa shape index (κ2) is 6.48. The van der Waals surface area contributed by atoms with E-state index in [9.17, 15) is 4.79 Å². The van der Waals surface area contributed by atoms with E-state index < -0.39 is 0 Å². The van der Waals surface area contributed by atoms with E-state index in [0.717, 1.165) is 24.5 Å². The molecule has 0 aromatic heterocycles. The molecule has 1 heterocycles. The first-order valence-corrected chi connectivity index (χ1v) is 5.49. The van der Waals surface area contributed by atoms with E-state index in [0.29, 0.717) is 13.2 Å². The molecule has 1 fully saturated rings. The van der Waals surface area contributed by atoms with Crippen molar-refractivity contribution >= 4 is 5.91 Å². The zero-order chi connectivity index (χ0) is 12.0. The molecule has 0 radical (unpaired) electrons. The second-order valence-corrected chi connectivity index (χ2v) is 3.86. The molecule has 1 rings (SSSR count). The minimum absolute atomic E-state index is 0.144. The molecular weight excluding hydrogens is 206 g/mol. The summed E-state index contributed by atoms with van der Waals surface area (Å²) >= 11 is 0. The number of morpholine rings is 1. The van der Waals surface area contributed by atoms with Crippen LogP contribution < -0.4 is 5.84 Å². The van der Waals surface area contributed by atoms with Crippen LogP contribution in [0, 0.1) is 12.3 Å². The Labute approximate surface area is 96.5 Å². The highest BCUT2D eigenvalue weighted by Gasteiger charge is 2.21. The Kier molecular flexibility index (Phi) is 5.26. The SMILES string of the molecule is C#CCN(N)C(=O)CN1CCOC(CC)C1.